The van der Waals surface area contributed by atoms with E-state index >= 15 is 0 Å². The van der Waals surface area contributed by atoms with E-state index in [9.17, 15) is 13.2 Å². The maximum atomic E-state index is 12.4. The van der Waals surface area contributed by atoms with Crippen LogP contribution in [0.4, 0.5) is 5.69 Å². The van der Waals surface area contributed by atoms with Crippen LogP contribution in [0.25, 0.3) is 0 Å². The summed E-state index contributed by atoms with van der Waals surface area (Å²) in [5.41, 5.74) is 1.60. The number of sulfonamides is 1. The molecule has 156 valence electrons. The average Bonchev–Trinajstić information content (AvgIpc) is 2.73. The molecule has 0 aromatic heterocycles. The normalized spacial score (nSPS) is 11.0. The average molecular weight is 445 g/mol. The largest absolute Gasteiger partial charge is 0.492 e. The van der Waals surface area contributed by atoms with Crippen LogP contribution >= 0.6 is 11.6 Å². The van der Waals surface area contributed by atoms with E-state index in [0.29, 0.717) is 18.7 Å². The Kier molecular flexibility index (Phi) is 6.97. The first kappa shape index (κ1) is 21.7. The molecular formula is C22H21ClN2O4S. The second-order valence-corrected chi connectivity index (χ2v) is 8.62. The number of carbonyl (C=O) groups is 1. The molecule has 0 fully saturated rings. The van der Waals surface area contributed by atoms with Crippen molar-refractivity contribution in [2.24, 2.45) is 0 Å². The van der Waals surface area contributed by atoms with Gasteiger partial charge in [-0.25, -0.2) is 8.42 Å². The number of halogens is 1. The lowest BCUT2D eigenvalue weighted by Gasteiger charge is -2.11. The molecule has 8 heteroatoms. The molecule has 0 saturated carbocycles. The van der Waals surface area contributed by atoms with Crippen LogP contribution in [-0.4, -0.2) is 27.5 Å². The van der Waals surface area contributed by atoms with Gasteiger partial charge < -0.3 is 10.1 Å². The Hall–Kier alpha value is -3.03. The maximum absolute atomic E-state index is 12.4. The van der Waals surface area contributed by atoms with Gasteiger partial charge in [0, 0.05) is 5.56 Å². The molecule has 0 aliphatic carbocycles. The lowest BCUT2D eigenvalue weighted by molar-refractivity contribution is 0.0947. The standard InChI is InChI=1S/C22H21ClN2O4S/c1-16-6-5-7-18(14-16)29-13-12-24-22(26)17-10-11-21(20(23)15-17)25-30(27,28)19-8-3-2-4-9-19/h2-11,14-15,25H,12-13H2,1H3,(H,24,26). The van der Waals surface area contributed by atoms with Gasteiger partial charge in [-0.1, -0.05) is 41.9 Å². The van der Waals surface area contributed by atoms with Crippen LogP contribution in [0.1, 0.15) is 15.9 Å². The molecule has 30 heavy (non-hydrogen) atoms. The number of nitrogens with one attached hydrogen (secondary N) is 2. The first-order valence-electron chi connectivity index (χ1n) is 9.20. The minimum atomic E-state index is -3.77. The fraction of sp³-hybridized carbons (Fsp3) is 0.136. The van der Waals surface area contributed by atoms with Gasteiger partial charge in [0.25, 0.3) is 15.9 Å². The van der Waals surface area contributed by atoms with Gasteiger partial charge in [0.2, 0.25) is 0 Å². The van der Waals surface area contributed by atoms with Gasteiger partial charge in [-0.3, -0.25) is 9.52 Å². The summed E-state index contributed by atoms with van der Waals surface area (Å²) in [5, 5.41) is 2.87. The van der Waals surface area contributed by atoms with E-state index in [2.05, 4.69) is 10.0 Å². The molecule has 3 rings (SSSR count). The van der Waals surface area contributed by atoms with Gasteiger partial charge in [0.05, 0.1) is 22.2 Å². The topological polar surface area (TPSA) is 84.5 Å². The maximum Gasteiger partial charge on any atom is 0.261 e. The second kappa shape index (κ2) is 9.65. The Bertz CT molecular complexity index is 1130. The van der Waals surface area contributed by atoms with Crippen LogP contribution < -0.4 is 14.8 Å². The van der Waals surface area contributed by atoms with Crippen LogP contribution in [0.2, 0.25) is 5.02 Å². The first-order valence-corrected chi connectivity index (χ1v) is 11.1. The Morgan fingerprint density at radius 2 is 1.77 bits per heavy atom. The van der Waals surface area contributed by atoms with Crippen molar-refractivity contribution in [3.8, 4) is 5.75 Å². The van der Waals surface area contributed by atoms with Gasteiger partial charge in [-0.15, -0.1) is 0 Å². The summed E-state index contributed by atoms with van der Waals surface area (Å²) in [5.74, 6) is 0.407. The Morgan fingerprint density at radius 1 is 1.00 bits per heavy atom. The number of ether oxygens (including phenoxy) is 1. The van der Waals surface area contributed by atoms with Gasteiger partial charge in [0.1, 0.15) is 12.4 Å². The van der Waals surface area contributed by atoms with Crippen LogP contribution in [0, 0.1) is 6.92 Å². The SMILES string of the molecule is Cc1cccc(OCCNC(=O)c2ccc(NS(=O)(=O)c3ccccc3)c(Cl)c2)c1. The predicted molar refractivity (Wildman–Crippen MR) is 118 cm³/mol. The smallest absolute Gasteiger partial charge is 0.261 e. The van der Waals surface area contributed by atoms with Crippen LogP contribution in [-0.2, 0) is 10.0 Å². The molecule has 3 aromatic rings. The lowest BCUT2D eigenvalue weighted by Crippen LogP contribution is -2.28. The molecule has 6 nitrogen and oxygen atoms in total. The van der Waals surface area contributed by atoms with Gasteiger partial charge in [-0.2, -0.15) is 0 Å². The summed E-state index contributed by atoms with van der Waals surface area (Å²) in [6, 6.07) is 20.0. The molecule has 3 aromatic carbocycles. The van der Waals surface area contributed by atoms with E-state index in [1.807, 2.05) is 31.2 Å². The van der Waals surface area contributed by atoms with Crippen molar-refractivity contribution in [2.45, 2.75) is 11.8 Å². The Labute approximate surface area is 180 Å². The van der Waals surface area contributed by atoms with Crippen molar-refractivity contribution in [1.82, 2.24) is 5.32 Å². The number of benzene rings is 3. The van der Waals surface area contributed by atoms with Crippen molar-refractivity contribution in [3.63, 3.8) is 0 Å². The van der Waals surface area contributed by atoms with Gasteiger partial charge in [-0.05, 0) is 55.0 Å². The van der Waals surface area contributed by atoms with E-state index in [0.717, 1.165) is 11.3 Å². The van der Waals surface area contributed by atoms with Crippen molar-refractivity contribution in [1.29, 1.82) is 0 Å². The number of amides is 1. The molecule has 0 atom stereocenters. The van der Waals surface area contributed by atoms with Crippen molar-refractivity contribution in [2.75, 3.05) is 17.9 Å². The summed E-state index contributed by atoms with van der Waals surface area (Å²) in [7, 11) is -3.77. The number of hydrogen-bond acceptors (Lipinski definition) is 4. The second-order valence-electron chi connectivity index (χ2n) is 6.53. The molecule has 0 saturated heterocycles. The molecule has 0 spiro atoms. The molecule has 0 aliphatic rings. The third-order valence-electron chi connectivity index (χ3n) is 4.17. The molecule has 0 bridgehead atoms. The van der Waals surface area contributed by atoms with E-state index in [4.69, 9.17) is 16.3 Å². The highest BCUT2D eigenvalue weighted by Crippen LogP contribution is 2.26. The minimum Gasteiger partial charge on any atom is -0.492 e. The number of carbonyl (C=O) groups excluding carboxylic acids is 1. The molecular weight excluding hydrogens is 424 g/mol. The number of rotatable bonds is 8. The van der Waals surface area contributed by atoms with E-state index in [-0.39, 0.29) is 21.5 Å². The van der Waals surface area contributed by atoms with E-state index in [1.54, 1.807) is 18.2 Å². The number of anilines is 1. The lowest BCUT2D eigenvalue weighted by atomic mass is 10.2. The fourth-order valence-corrected chi connectivity index (χ4v) is 4.07. The van der Waals surface area contributed by atoms with Crippen molar-refractivity contribution >= 4 is 33.2 Å². The summed E-state index contributed by atoms with van der Waals surface area (Å²) >= 11 is 6.19. The van der Waals surface area contributed by atoms with Gasteiger partial charge in [0.15, 0.2) is 0 Å². The van der Waals surface area contributed by atoms with Crippen LogP contribution in [0.15, 0.2) is 77.7 Å². The molecule has 0 unspecified atom stereocenters. The fourth-order valence-electron chi connectivity index (χ4n) is 2.68. The third kappa shape index (κ3) is 5.75. The highest BCUT2D eigenvalue weighted by Gasteiger charge is 2.16. The highest BCUT2D eigenvalue weighted by molar-refractivity contribution is 7.92. The Balaban J connectivity index is 1.57. The molecule has 0 radical (unpaired) electrons. The summed E-state index contributed by atoms with van der Waals surface area (Å²) in [4.78, 5) is 12.4. The van der Waals surface area contributed by atoms with Crippen molar-refractivity contribution < 1.29 is 17.9 Å². The molecule has 2 N–H and O–H groups in total. The minimum absolute atomic E-state index is 0.122. The summed E-state index contributed by atoms with van der Waals surface area (Å²) < 4.78 is 32.9. The van der Waals surface area contributed by atoms with E-state index in [1.165, 1.54) is 30.3 Å². The summed E-state index contributed by atoms with van der Waals surface area (Å²) in [6.45, 7) is 2.60. The Morgan fingerprint density at radius 3 is 2.47 bits per heavy atom. The quantitative estimate of drug-likeness (QED) is 0.508. The molecule has 0 aliphatic heterocycles. The number of hydrogen-bond donors (Lipinski definition) is 2. The van der Waals surface area contributed by atoms with Crippen molar-refractivity contribution in [3.05, 3.63) is 88.9 Å². The molecule has 1 amide bonds. The van der Waals surface area contributed by atoms with Crippen LogP contribution in [0.3, 0.4) is 0 Å². The van der Waals surface area contributed by atoms with Crippen LogP contribution in [0.5, 0.6) is 5.75 Å². The molecule has 0 heterocycles. The monoisotopic (exact) mass is 444 g/mol. The summed E-state index contributed by atoms with van der Waals surface area (Å²) in [6.07, 6.45) is 0. The van der Waals surface area contributed by atoms with E-state index < -0.39 is 10.0 Å². The first-order chi connectivity index (χ1) is 14.3. The third-order valence-corrected chi connectivity index (χ3v) is 5.87. The predicted octanol–water partition coefficient (Wildman–Crippen LogP) is 4.26. The van der Waals surface area contributed by atoms with Gasteiger partial charge >= 0.3 is 0 Å². The number of aryl methyl sites for hydroxylation is 1. The highest BCUT2D eigenvalue weighted by atomic mass is 35.5. The zero-order valence-electron chi connectivity index (χ0n) is 16.3. The zero-order valence-corrected chi connectivity index (χ0v) is 17.8. The zero-order chi connectivity index (χ0) is 21.6.